The number of rotatable bonds is 7. The molecule has 2 N–H and O–H groups in total. The van der Waals surface area contributed by atoms with Crippen LogP contribution in [0.4, 0.5) is 0 Å². The van der Waals surface area contributed by atoms with Crippen molar-refractivity contribution in [2.45, 2.75) is 64.0 Å². The van der Waals surface area contributed by atoms with Crippen LogP contribution in [0.3, 0.4) is 0 Å². The predicted molar refractivity (Wildman–Crippen MR) is 106 cm³/mol. The average Bonchev–Trinajstić information content (AvgIpc) is 3.18. The van der Waals surface area contributed by atoms with Gasteiger partial charge in [0.15, 0.2) is 5.96 Å². The van der Waals surface area contributed by atoms with Crippen LogP contribution in [0.1, 0.15) is 63.5 Å². The van der Waals surface area contributed by atoms with Crippen molar-refractivity contribution < 1.29 is 14.3 Å². The van der Waals surface area contributed by atoms with Crippen LogP contribution in [0, 0.1) is 0 Å². The zero-order chi connectivity index (χ0) is 18.9. The summed E-state index contributed by atoms with van der Waals surface area (Å²) in [6.45, 7) is 4.13. The first-order valence-corrected chi connectivity index (χ1v) is 10.2. The maximum atomic E-state index is 11.9. The van der Waals surface area contributed by atoms with Gasteiger partial charge in [-0.15, -0.1) is 0 Å². The number of ether oxygens (including phenoxy) is 2. The van der Waals surface area contributed by atoms with Crippen molar-refractivity contribution in [2.75, 3.05) is 19.7 Å². The number of para-hydroxylation sites is 1. The fourth-order valence-electron chi connectivity index (χ4n) is 3.64. The van der Waals surface area contributed by atoms with E-state index in [1.807, 2.05) is 25.1 Å². The van der Waals surface area contributed by atoms with E-state index >= 15 is 0 Å². The number of benzene rings is 1. The molecular formula is C21H31N3O3. The molecule has 1 aromatic carbocycles. The van der Waals surface area contributed by atoms with Gasteiger partial charge in [-0.1, -0.05) is 18.2 Å². The number of carbonyl (C=O) groups is 1. The monoisotopic (exact) mass is 373 g/mol. The molecule has 6 heteroatoms. The molecule has 27 heavy (non-hydrogen) atoms. The first-order chi connectivity index (χ1) is 13.3. The van der Waals surface area contributed by atoms with Gasteiger partial charge in [0.25, 0.3) is 0 Å². The Kier molecular flexibility index (Phi) is 7.36. The Hall–Kier alpha value is -2.24. The molecule has 1 aliphatic heterocycles. The Bertz CT molecular complexity index is 641. The molecule has 1 fully saturated rings. The smallest absolute Gasteiger partial charge is 0.306 e. The highest BCUT2D eigenvalue weighted by Gasteiger charge is 2.22. The topological polar surface area (TPSA) is 72.0 Å². The minimum Gasteiger partial charge on any atom is -0.493 e. The van der Waals surface area contributed by atoms with E-state index in [-0.39, 0.29) is 18.1 Å². The van der Waals surface area contributed by atoms with Gasteiger partial charge in [0, 0.05) is 31.5 Å². The number of esters is 1. The SMILES string of the molecule is CCNC(=NCCCC(=O)OC1CCCC1)NC1CCOc2ccccc21. The van der Waals surface area contributed by atoms with Gasteiger partial charge in [-0.25, -0.2) is 0 Å². The highest BCUT2D eigenvalue weighted by Crippen LogP contribution is 2.31. The predicted octanol–water partition coefficient (Wildman–Crippen LogP) is 3.33. The Balaban J connectivity index is 1.47. The van der Waals surface area contributed by atoms with Crippen molar-refractivity contribution in [1.82, 2.24) is 10.6 Å². The van der Waals surface area contributed by atoms with Crippen molar-refractivity contribution in [1.29, 1.82) is 0 Å². The third-order valence-corrected chi connectivity index (χ3v) is 5.02. The maximum Gasteiger partial charge on any atom is 0.306 e. The molecule has 1 aromatic rings. The van der Waals surface area contributed by atoms with Crippen LogP contribution >= 0.6 is 0 Å². The molecular weight excluding hydrogens is 342 g/mol. The standard InChI is InChI=1S/C21H31N3O3/c1-2-22-21(23-14-7-12-20(25)27-16-8-3-4-9-16)24-18-13-15-26-19-11-6-5-10-17(18)19/h5-6,10-11,16,18H,2-4,7-9,12-15H2,1H3,(H2,22,23,24). The number of hydrogen-bond acceptors (Lipinski definition) is 4. The summed E-state index contributed by atoms with van der Waals surface area (Å²) in [5.74, 6) is 1.63. The fraction of sp³-hybridized carbons (Fsp3) is 0.619. The van der Waals surface area contributed by atoms with Gasteiger partial charge in [0.1, 0.15) is 11.9 Å². The summed E-state index contributed by atoms with van der Waals surface area (Å²) in [4.78, 5) is 16.5. The number of nitrogens with zero attached hydrogens (tertiary/aromatic N) is 1. The third-order valence-electron chi connectivity index (χ3n) is 5.02. The van der Waals surface area contributed by atoms with E-state index in [2.05, 4.69) is 21.7 Å². The first kappa shape index (κ1) is 19.5. The molecule has 2 aliphatic rings. The number of guanidine groups is 1. The minimum absolute atomic E-state index is 0.0894. The van der Waals surface area contributed by atoms with E-state index in [1.54, 1.807) is 0 Å². The second kappa shape index (κ2) is 10.2. The summed E-state index contributed by atoms with van der Waals surface area (Å²) in [7, 11) is 0. The van der Waals surface area contributed by atoms with Gasteiger partial charge >= 0.3 is 5.97 Å². The highest BCUT2D eigenvalue weighted by atomic mass is 16.5. The molecule has 0 aromatic heterocycles. The van der Waals surface area contributed by atoms with Gasteiger partial charge in [-0.3, -0.25) is 9.79 Å². The highest BCUT2D eigenvalue weighted by molar-refractivity contribution is 5.80. The lowest BCUT2D eigenvalue weighted by Crippen LogP contribution is -2.41. The maximum absolute atomic E-state index is 11.9. The summed E-state index contributed by atoms with van der Waals surface area (Å²) in [6, 6.07) is 8.30. The molecule has 0 radical (unpaired) electrons. The van der Waals surface area contributed by atoms with Crippen LogP contribution in [-0.4, -0.2) is 37.7 Å². The van der Waals surface area contributed by atoms with E-state index in [0.717, 1.165) is 43.1 Å². The third kappa shape index (κ3) is 5.88. The zero-order valence-electron chi connectivity index (χ0n) is 16.2. The number of fused-ring (bicyclic) bond motifs is 1. The van der Waals surface area contributed by atoms with Crippen LogP contribution in [-0.2, 0) is 9.53 Å². The van der Waals surface area contributed by atoms with Crippen molar-refractivity contribution in [3.63, 3.8) is 0 Å². The van der Waals surface area contributed by atoms with Crippen LogP contribution in [0.15, 0.2) is 29.3 Å². The van der Waals surface area contributed by atoms with E-state index < -0.39 is 0 Å². The molecule has 6 nitrogen and oxygen atoms in total. The first-order valence-electron chi connectivity index (χ1n) is 10.2. The zero-order valence-corrected chi connectivity index (χ0v) is 16.2. The van der Waals surface area contributed by atoms with Crippen molar-refractivity contribution in [2.24, 2.45) is 4.99 Å². The minimum atomic E-state index is -0.0894. The van der Waals surface area contributed by atoms with Crippen LogP contribution < -0.4 is 15.4 Å². The quantitative estimate of drug-likeness (QED) is 0.332. The summed E-state index contributed by atoms with van der Waals surface area (Å²) in [6.07, 6.45) is 6.57. The average molecular weight is 373 g/mol. The Morgan fingerprint density at radius 2 is 2.07 bits per heavy atom. The van der Waals surface area contributed by atoms with E-state index in [4.69, 9.17) is 9.47 Å². The van der Waals surface area contributed by atoms with Gasteiger partial charge in [-0.05, 0) is 45.1 Å². The van der Waals surface area contributed by atoms with Gasteiger partial charge < -0.3 is 20.1 Å². The second-order valence-electron chi connectivity index (χ2n) is 7.13. The Morgan fingerprint density at radius 3 is 2.89 bits per heavy atom. The molecule has 0 bridgehead atoms. The fourth-order valence-corrected chi connectivity index (χ4v) is 3.64. The molecule has 148 valence electrons. The lowest BCUT2D eigenvalue weighted by atomic mass is 10.0. The van der Waals surface area contributed by atoms with E-state index in [0.29, 0.717) is 26.0 Å². The largest absolute Gasteiger partial charge is 0.493 e. The number of carbonyl (C=O) groups excluding carboxylic acids is 1. The summed E-state index contributed by atoms with van der Waals surface area (Å²) < 4.78 is 11.2. The lowest BCUT2D eigenvalue weighted by Gasteiger charge is -2.28. The molecule has 3 rings (SSSR count). The van der Waals surface area contributed by atoms with Gasteiger partial charge in [-0.2, -0.15) is 0 Å². The molecule has 1 heterocycles. The van der Waals surface area contributed by atoms with Gasteiger partial charge in [0.05, 0.1) is 12.6 Å². The van der Waals surface area contributed by atoms with E-state index in [9.17, 15) is 4.79 Å². The van der Waals surface area contributed by atoms with E-state index in [1.165, 1.54) is 12.8 Å². The Morgan fingerprint density at radius 1 is 1.26 bits per heavy atom. The molecule has 1 saturated carbocycles. The van der Waals surface area contributed by atoms with Crippen molar-refractivity contribution >= 4 is 11.9 Å². The van der Waals surface area contributed by atoms with Crippen molar-refractivity contribution in [3.05, 3.63) is 29.8 Å². The molecule has 0 spiro atoms. The molecule has 1 unspecified atom stereocenters. The lowest BCUT2D eigenvalue weighted by molar-refractivity contribution is -0.148. The number of hydrogen-bond donors (Lipinski definition) is 2. The van der Waals surface area contributed by atoms with Crippen LogP contribution in [0.5, 0.6) is 5.75 Å². The Labute approximate surface area is 161 Å². The van der Waals surface area contributed by atoms with Crippen molar-refractivity contribution in [3.8, 4) is 5.75 Å². The summed E-state index contributed by atoms with van der Waals surface area (Å²) in [5, 5.41) is 6.79. The van der Waals surface area contributed by atoms with Crippen LogP contribution in [0.2, 0.25) is 0 Å². The summed E-state index contributed by atoms with van der Waals surface area (Å²) >= 11 is 0. The number of nitrogens with one attached hydrogen (secondary N) is 2. The van der Waals surface area contributed by atoms with Gasteiger partial charge in [0.2, 0.25) is 0 Å². The molecule has 1 atom stereocenters. The molecule has 0 saturated heterocycles. The summed E-state index contributed by atoms with van der Waals surface area (Å²) in [5.41, 5.74) is 1.16. The second-order valence-corrected chi connectivity index (χ2v) is 7.13. The van der Waals surface area contributed by atoms with Crippen LogP contribution in [0.25, 0.3) is 0 Å². The number of aliphatic imine (C=N–C) groups is 1. The molecule has 1 aliphatic carbocycles. The molecule has 0 amide bonds. The normalized spacial score (nSPS) is 19.9.